The fourth-order valence-electron chi connectivity index (χ4n) is 3.73. The van der Waals surface area contributed by atoms with Crippen LogP contribution in [0.3, 0.4) is 0 Å². The van der Waals surface area contributed by atoms with Crippen molar-refractivity contribution in [3.05, 3.63) is 29.5 Å². The van der Waals surface area contributed by atoms with Gasteiger partial charge in [-0.3, -0.25) is 4.79 Å². The molecule has 0 aliphatic carbocycles. The molecule has 154 valence electrons. The summed E-state index contributed by atoms with van der Waals surface area (Å²) < 4.78 is 29.5. The number of benzene rings is 1. The van der Waals surface area contributed by atoms with Gasteiger partial charge in [0.2, 0.25) is 0 Å². The van der Waals surface area contributed by atoms with E-state index >= 15 is 0 Å². The zero-order chi connectivity index (χ0) is 20.3. The molecule has 0 spiro atoms. The molecule has 3 aliphatic rings. The van der Waals surface area contributed by atoms with Crippen molar-refractivity contribution >= 4 is 17.3 Å². The molecular formula is C18H24N2O8. The normalized spacial score (nSPS) is 36.4. The second-order valence-corrected chi connectivity index (χ2v) is 7.96. The molecule has 1 aromatic rings. The second kappa shape index (κ2) is 6.71. The van der Waals surface area contributed by atoms with Gasteiger partial charge in [-0.25, -0.2) is 5.21 Å². The molecular weight excluding hydrogens is 372 g/mol. The summed E-state index contributed by atoms with van der Waals surface area (Å²) >= 11 is 0. The van der Waals surface area contributed by atoms with E-state index in [0.29, 0.717) is 5.69 Å². The lowest BCUT2D eigenvalue weighted by atomic mass is 9.98. The van der Waals surface area contributed by atoms with Gasteiger partial charge in [0.15, 0.2) is 29.7 Å². The van der Waals surface area contributed by atoms with Crippen molar-refractivity contribution < 1.29 is 38.9 Å². The second-order valence-electron chi connectivity index (χ2n) is 7.96. The van der Waals surface area contributed by atoms with Crippen LogP contribution in [0, 0.1) is 5.21 Å². The quantitative estimate of drug-likeness (QED) is 0.629. The van der Waals surface area contributed by atoms with Gasteiger partial charge in [-0.05, 0) is 39.8 Å². The molecule has 6 atom stereocenters. The number of anilines is 1. The predicted octanol–water partition coefficient (Wildman–Crippen LogP) is 0.425. The third-order valence-corrected chi connectivity index (χ3v) is 4.81. The standard InChI is InChI=1S/C18H24N2O8/c1-17(2)25-11-12(26-17)14-16(28-18(3,4)27-14)24-13(11)15(21)19-9-5-7-10(8-6-9)20(22)23/h5-8,11-14,16,20,22H,1-4H3,(H,19,21). The first-order valence-electron chi connectivity index (χ1n) is 9.06. The van der Waals surface area contributed by atoms with Crippen molar-refractivity contribution in [2.75, 3.05) is 5.32 Å². The van der Waals surface area contributed by atoms with Crippen LogP contribution < -0.4 is 10.5 Å². The van der Waals surface area contributed by atoms with Crippen LogP contribution in [-0.4, -0.2) is 53.4 Å². The minimum absolute atomic E-state index is 0.128. The van der Waals surface area contributed by atoms with Gasteiger partial charge in [0.1, 0.15) is 18.3 Å². The van der Waals surface area contributed by atoms with Crippen LogP contribution in [0.15, 0.2) is 24.3 Å². The molecule has 10 nitrogen and oxygen atoms in total. The Morgan fingerprint density at radius 2 is 1.57 bits per heavy atom. The number of hydrogen-bond acceptors (Lipinski definition) is 8. The number of fused-ring (bicyclic) bond motifs is 3. The molecule has 10 heteroatoms. The van der Waals surface area contributed by atoms with Gasteiger partial charge >= 0.3 is 0 Å². The maximum atomic E-state index is 12.9. The van der Waals surface area contributed by atoms with E-state index in [9.17, 15) is 10.0 Å². The molecule has 3 heterocycles. The Bertz CT molecular complexity index is 750. The first-order chi connectivity index (χ1) is 13.0. The molecule has 0 saturated carbocycles. The summed E-state index contributed by atoms with van der Waals surface area (Å²) in [5, 5.41) is 21.6. The molecule has 1 amide bonds. The average Bonchev–Trinajstić information content (AvgIpc) is 3.08. The number of ether oxygens (including phenoxy) is 5. The summed E-state index contributed by atoms with van der Waals surface area (Å²) in [7, 11) is 0. The van der Waals surface area contributed by atoms with E-state index < -0.39 is 53.4 Å². The highest BCUT2D eigenvalue weighted by Crippen LogP contribution is 2.44. The molecule has 3 fully saturated rings. The van der Waals surface area contributed by atoms with Crippen molar-refractivity contribution in [1.82, 2.24) is 0 Å². The highest BCUT2D eigenvalue weighted by molar-refractivity contribution is 5.95. The van der Waals surface area contributed by atoms with Crippen LogP contribution in [0.5, 0.6) is 0 Å². The summed E-state index contributed by atoms with van der Waals surface area (Å²) in [6, 6.07) is 5.85. The molecule has 1 aromatic carbocycles. The number of quaternary nitrogens is 1. The third kappa shape index (κ3) is 3.65. The smallest absolute Gasteiger partial charge is 0.256 e. The van der Waals surface area contributed by atoms with Gasteiger partial charge in [-0.2, -0.15) is 5.23 Å². The van der Waals surface area contributed by atoms with Crippen LogP contribution in [0.25, 0.3) is 0 Å². The molecule has 3 aliphatic heterocycles. The van der Waals surface area contributed by atoms with Crippen LogP contribution in [-0.2, 0) is 28.5 Å². The molecule has 28 heavy (non-hydrogen) atoms. The van der Waals surface area contributed by atoms with E-state index in [1.165, 1.54) is 24.3 Å². The Kier molecular flexibility index (Phi) is 4.72. The van der Waals surface area contributed by atoms with E-state index in [4.69, 9.17) is 28.9 Å². The number of amides is 1. The van der Waals surface area contributed by atoms with Gasteiger partial charge in [0.05, 0.1) is 0 Å². The minimum atomic E-state index is -1.04. The maximum absolute atomic E-state index is 12.9. The fraction of sp³-hybridized carbons (Fsp3) is 0.611. The van der Waals surface area contributed by atoms with E-state index in [1.54, 1.807) is 27.7 Å². The van der Waals surface area contributed by atoms with E-state index in [0.717, 1.165) is 0 Å². The van der Waals surface area contributed by atoms with Crippen molar-refractivity contribution in [3.63, 3.8) is 0 Å². The lowest BCUT2D eigenvalue weighted by molar-refractivity contribution is -0.991. The van der Waals surface area contributed by atoms with Crippen molar-refractivity contribution in [2.24, 2.45) is 0 Å². The molecule has 0 bridgehead atoms. The summed E-state index contributed by atoms with van der Waals surface area (Å²) in [5.41, 5.74) is 0.571. The van der Waals surface area contributed by atoms with Crippen molar-refractivity contribution in [2.45, 2.75) is 70.0 Å². The predicted molar refractivity (Wildman–Crippen MR) is 93.4 cm³/mol. The Labute approximate surface area is 161 Å². The number of carbonyl (C=O) groups excluding carboxylic acids is 1. The third-order valence-electron chi connectivity index (χ3n) is 4.81. The average molecular weight is 396 g/mol. The topological polar surface area (TPSA) is 123 Å². The van der Waals surface area contributed by atoms with E-state index in [-0.39, 0.29) is 5.69 Å². The highest BCUT2D eigenvalue weighted by Gasteiger charge is 2.62. The molecule has 3 saturated heterocycles. The SMILES string of the molecule is CC1(C)OC2OC(C(=O)Nc3ccc([NH+]([O-])O)cc3)C3OC(C)(C)OC3C2O1. The number of hydrogen-bond donors (Lipinski definition) is 3. The number of carbonyl (C=O) groups is 1. The molecule has 0 aromatic heterocycles. The molecule has 3 N–H and O–H groups in total. The Balaban J connectivity index is 1.53. The van der Waals surface area contributed by atoms with Gasteiger partial charge in [0, 0.05) is 17.8 Å². The molecule has 6 unspecified atom stereocenters. The van der Waals surface area contributed by atoms with Crippen LogP contribution in [0.2, 0.25) is 0 Å². The monoisotopic (exact) mass is 396 g/mol. The summed E-state index contributed by atoms with van der Waals surface area (Å²) in [6.07, 6.45) is -3.46. The fourth-order valence-corrected chi connectivity index (χ4v) is 3.73. The lowest BCUT2D eigenvalue weighted by Gasteiger charge is -2.36. The van der Waals surface area contributed by atoms with Gasteiger partial charge < -0.3 is 34.2 Å². The Morgan fingerprint density at radius 3 is 2.21 bits per heavy atom. The van der Waals surface area contributed by atoms with E-state index in [1.807, 2.05) is 0 Å². The lowest BCUT2D eigenvalue weighted by Crippen LogP contribution is -2.99. The number of rotatable bonds is 3. The zero-order valence-electron chi connectivity index (χ0n) is 16.0. The Morgan fingerprint density at radius 1 is 1.00 bits per heavy atom. The molecule has 0 radical (unpaired) electrons. The number of nitrogens with one attached hydrogen (secondary N) is 2. The van der Waals surface area contributed by atoms with Gasteiger partial charge in [-0.15, -0.1) is 0 Å². The first-order valence-corrected chi connectivity index (χ1v) is 9.06. The summed E-state index contributed by atoms with van der Waals surface area (Å²) in [6.45, 7) is 7.06. The molecule has 4 rings (SSSR count). The van der Waals surface area contributed by atoms with Crippen LogP contribution in [0.4, 0.5) is 11.4 Å². The first kappa shape index (κ1) is 19.7. The minimum Gasteiger partial charge on any atom is -0.595 e. The summed E-state index contributed by atoms with van der Waals surface area (Å²) in [4.78, 5) is 12.9. The van der Waals surface area contributed by atoms with Crippen molar-refractivity contribution in [1.29, 1.82) is 0 Å². The largest absolute Gasteiger partial charge is 0.595 e. The Hall–Kier alpha value is -1.63. The van der Waals surface area contributed by atoms with Crippen molar-refractivity contribution in [3.8, 4) is 0 Å². The highest BCUT2D eigenvalue weighted by atomic mass is 16.9. The summed E-state index contributed by atoms with van der Waals surface area (Å²) in [5.74, 6) is -2.20. The van der Waals surface area contributed by atoms with Gasteiger partial charge in [-0.1, -0.05) is 0 Å². The van der Waals surface area contributed by atoms with Crippen LogP contribution in [0.1, 0.15) is 27.7 Å². The van der Waals surface area contributed by atoms with E-state index in [2.05, 4.69) is 5.32 Å². The maximum Gasteiger partial charge on any atom is 0.256 e. The van der Waals surface area contributed by atoms with Crippen LogP contribution >= 0.6 is 0 Å². The van der Waals surface area contributed by atoms with Gasteiger partial charge in [0.25, 0.3) is 5.91 Å². The zero-order valence-corrected chi connectivity index (χ0v) is 16.0.